The van der Waals surface area contributed by atoms with Crippen LogP contribution in [0, 0.1) is 0 Å². The molecule has 0 saturated carbocycles. The fourth-order valence-electron chi connectivity index (χ4n) is 2.54. The van der Waals surface area contributed by atoms with Gasteiger partial charge in [0.2, 0.25) is 5.91 Å². The lowest BCUT2D eigenvalue weighted by Crippen LogP contribution is -2.23. The molecule has 1 aromatic heterocycles. The van der Waals surface area contributed by atoms with Crippen LogP contribution < -0.4 is 10.5 Å². The summed E-state index contributed by atoms with van der Waals surface area (Å²) in [6, 6.07) is 11.7. The SMILES string of the molecule is COc1ccc(-c2nnc(S[C@@H](C)C(N)=O)n2-c2cccc(C(F)(F)F)c2)cc1. The van der Waals surface area contributed by atoms with Gasteiger partial charge in [-0.05, 0) is 49.4 Å². The first-order valence-corrected chi connectivity index (χ1v) is 9.32. The molecule has 0 fully saturated rings. The summed E-state index contributed by atoms with van der Waals surface area (Å²) in [5, 5.41) is 7.83. The van der Waals surface area contributed by atoms with Crippen LogP contribution in [0.3, 0.4) is 0 Å². The van der Waals surface area contributed by atoms with E-state index < -0.39 is 22.9 Å². The topological polar surface area (TPSA) is 83.0 Å². The highest BCUT2D eigenvalue weighted by Crippen LogP contribution is 2.34. The van der Waals surface area contributed by atoms with Crippen LogP contribution in [-0.2, 0) is 11.0 Å². The second-order valence-corrected chi connectivity index (χ2v) is 7.39. The normalized spacial score (nSPS) is 12.6. The zero-order chi connectivity index (χ0) is 21.2. The molecule has 2 aromatic carbocycles. The van der Waals surface area contributed by atoms with Gasteiger partial charge in [0.25, 0.3) is 0 Å². The van der Waals surface area contributed by atoms with E-state index in [0.717, 1.165) is 23.9 Å². The van der Waals surface area contributed by atoms with E-state index in [9.17, 15) is 18.0 Å². The molecule has 0 radical (unpaired) electrons. The lowest BCUT2D eigenvalue weighted by molar-refractivity contribution is -0.137. The quantitative estimate of drug-likeness (QED) is 0.609. The number of thioether (sulfide) groups is 1. The van der Waals surface area contributed by atoms with Gasteiger partial charge in [0.15, 0.2) is 11.0 Å². The molecule has 0 aliphatic rings. The van der Waals surface area contributed by atoms with E-state index in [-0.39, 0.29) is 10.8 Å². The minimum atomic E-state index is -4.50. The number of methoxy groups -OCH3 is 1. The molecular weight excluding hydrogens is 405 g/mol. The largest absolute Gasteiger partial charge is 0.497 e. The highest BCUT2D eigenvalue weighted by Gasteiger charge is 2.31. The Labute approximate surface area is 168 Å². The van der Waals surface area contributed by atoms with Gasteiger partial charge in [0.05, 0.1) is 23.6 Å². The van der Waals surface area contributed by atoms with E-state index in [4.69, 9.17) is 10.5 Å². The monoisotopic (exact) mass is 422 g/mol. The Kier molecular flexibility index (Phi) is 5.83. The Hall–Kier alpha value is -3.01. The molecule has 1 amide bonds. The molecule has 0 saturated heterocycles. The first-order chi connectivity index (χ1) is 13.7. The highest BCUT2D eigenvalue weighted by atomic mass is 32.2. The summed E-state index contributed by atoms with van der Waals surface area (Å²) < 4.78 is 46.2. The predicted molar refractivity (Wildman–Crippen MR) is 103 cm³/mol. The minimum absolute atomic E-state index is 0.217. The van der Waals surface area contributed by atoms with Crippen LogP contribution in [0.1, 0.15) is 12.5 Å². The molecule has 3 aromatic rings. The van der Waals surface area contributed by atoms with E-state index in [0.29, 0.717) is 17.1 Å². The number of amides is 1. The second-order valence-electron chi connectivity index (χ2n) is 6.08. The van der Waals surface area contributed by atoms with Crippen molar-refractivity contribution < 1.29 is 22.7 Å². The van der Waals surface area contributed by atoms with Gasteiger partial charge in [-0.3, -0.25) is 9.36 Å². The molecule has 3 rings (SSSR count). The number of alkyl halides is 3. The number of carbonyl (C=O) groups is 1. The zero-order valence-corrected chi connectivity index (χ0v) is 16.3. The number of nitrogens with two attached hydrogens (primary N) is 1. The highest BCUT2D eigenvalue weighted by molar-refractivity contribution is 8.00. The summed E-state index contributed by atoms with van der Waals surface area (Å²) >= 11 is 1.02. The van der Waals surface area contributed by atoms with E-state index >= 15 is 0 Å². The number of hydrogen-bond donors (Lipinski definition) is 1. The van der Waals surface area contributed by atoms with Gasteiger partial charge in [0, 0.05) is 5.56 Å². The number of halogens is 3. The number of ether oxygens (including phenoxy) is 1. The summed E-state index contributed by atoms with van der Waals surface area (Å²) in [5.74, 6) is 0.376. The van der Waals surface area contributed by atoms with Crippen molar-refractivity contribution in [1.82, 2.24) is 14.8 Å². The second kappa shape index (κ2) is 8.16. The maximum absolute atomic E-state index is 13.2. The maximum Gasteiger partial charge on any atom is 0.416 e. The summed E-state index contributed by atoms with van der Waals surface area (Å²) in [4.78, 5) is 11.5. The fraction of sp³-hybridized carbons (Fsp3) is 0.211. The van der Waals surface area contributed by atoms with Crippen molar-refractivity contribution in [2.45, 2.75) is 23.5 Å². The van der Waals surface area contributed by atoms with Crippen LogP contribution >= 0.6 is 11.8 Å². The van der Waals surface area contributed by atoms with Gasteiger partial charge in [0.1, 0.15) is 5.75 Å². The van der Waals surface area contributed by atoms with Crippen molar-refractivity contribution in [3.05, 3.63) is 54.1 Å². The number of nitrogens with zero attached hydrogens (tertiary/aromatic N) is 3. The molecular formula is C19H17F3N4O2S. The number of hydrogen-bond acceptors (Lipinski definition) is 5. The Bertz CT molecular complexity index is 1020. The van der Waals surface area contributed by atoms with E-state index in [2.05, 4.69) is 10.2 Å². The van der Waals surface area contributed by atoms with Crippen LogP contribution in [-0.4, -0.2) is 33.0 Å². The van der Waals surface area contributed by atoms with Gasteiger partial charge >= 0.3 is 6.18 Å². The third-order valence-electron chi connectivity index (χ3n) is 4.10. The van der Waals surface area contributed by atoms with Crippen molar-refractivity contribution in [3.8, 4) is 22.8 Å². The number of carbonyl (C=O) groups excluding carboxylic acids is 1. The maximum atomic E-state index is 13.2. The predicted octanol–water partition coefficient (Wildman–Crippen LogP) is 3.93. The van der Waals surface area contributed by atoms with Gasteiger partial charge in [-0.25, -0.2) is 0 Å². The van der Waals surface area contributed by atoms with Crippen LogP contribution in [0.5, 0.6) is 5.75 Å². The smallest absolute Gasteiger partial charge is 0.416 e. The fourth-order valence-corrected chi connectivity index (χ4v) is 3.36. The van der Waals surface area contributed by atoms with Crippen LogP contribution in [0.2, 0.25) is 0 Å². The molecule has 0 spiro atoms. The van der Waals surface area contributed by atoms with Crippen molar-refractivity contribution in [2.24, 2.45) is 5.73 Å². The summed E-state index contributed by atoms with van der Waals surface area (Å²) in [7, 11) is 1.53. The average Bonchev–Trinajstić information content (AvgIpc) is 3.11. The number of benzene rings is 2. The molecule has 0 unspecified atom stereocenters. The lowest BCUT2D eigenvalue weighted by atomic mass is 10.1. The standard InChI is InChI=1S/C19H17F3N4O2S/c1-11(16(23)27)29-18-25-24-17(12-6-8-15(28-2)9-7-12)26(18)14-5-3-4-13(10-14)19(20,21)22/h3-11H,1-2H3,(H2,23,27)/t11-/m0/s1. The average molecular weight is 422 g/mol. The Morgan fingerprint density at radius 2 is 1.86 bits per heavy atom. The number of primary amides is 1. The Morgan fingerprint density at radius 1 is 1.17 bits per heavy atom. The van der Waals surface area contributed by atoms with Crippen molar-refractivity contribution in [2.75, 3.05) is 7.11 Å². The minimum Gasteiger partial charge on any atom is -0.497 e. The third kappa shape index (κ3) is 4.53. The zero-order valence-electron chi connectivity index (χ0n) is 15.5. The van der Waals surface area contributed by atoms with E-state index in [1.54, 1.807) is 31.2 Å². The van der Waals surface area contributed by atoms with Gasteiger partial charge in [-0.1, -0.05) is 17.8 Å². The van der Waals surface area contributed by atoms with Gasteiger partial charge in [-0.2, -0.15) is 13.2 Å². The number of aromatic nitrogens is 3. The molecule has 152 valence electrons. The molecule has 1 atom stereocenters. The number of rotatable bonds is 6. The molecule has 29 heavy (non-hydrogen) atoms. The van der Waals surface area contributed by atoms with Crippen LogP contribution in [0.4, 0.5) is 13.2 Å². The molecule has 0 aliphatic carbocycles. The Morgan fingerprint density at radius 3 is 2.45 bits per heavy atom. The summed E-state index contributed by atoms with van der Waals surface area (Å²) in [6.07, 6.45) is -4.50. The van der Waals surface area contributed by atoms with Crippen LogP contribution in [0.15, 0.2) is 53.7 Å². The first kappa shape index (κ1) is 20.7. The molecule has 0 bridgehead atoms. The lowest BCUT2D eigenvalue weighted by Gasteiger charge is -2.14. The van der Waals surface area contributed by atoms with E-state index in [1.807, 2.05) is 0 Å². The van der Waals surface area contributed by atoms with Crippen molar-refractivity contribution in [3.63, 3.8) is 0 Å². The van der Waals surface area contributed by atoms with Gasteiger partial charge in [-0.15, -0.1) is 10.2 Å². The molecule has 1 heterocycles. The molecule has 0 aliphatic heterocycles. The summed E-state index contributed by atoms with van der Waals surface area (Å²) in [6.45, 7) is 1.59. The molecule has 2 N–H and O–H groups in total. The van der Waals surface area contributed by atoms with Gasteiger partial charge < -0.3 is 10.5 Å². The summed E-state index contributed by atoms with van der Waals surface area (Å²) in [5.41, 5.74) is 5.36. The first-order valence-electron chi connectivity index (χ1n) is 8.44. The molecule has 10 heteroatoms. The third-order valence-corrected chi connectivity index (χ3v) is 5.16. The Balaban J connectivity index is 2.15. The van der Waals surface area contributed by atoms with Crippen molar-refractivity contribution in [1.29, 1.82) is 0 Å². The van der Waals surface area contributed by atoms with E-state index in [1.165, 1.54) is 23.8 Å². The van der Waals surface area contributed by atoms with Crippen LogP contribution in [0.25, 0.3) is 17.1 Å². The van der Waals surface area contributed by atoms with Crippen molar-refractivity contribution >= 4 is 17.7 Å². The molecule has 6 nitrogen and oxygen atoms in total.